The summed E-state index contributed by atoms with van der Waals surface area (Å²) >= 11 is 1.27. The number of thiazole rings is 1. The number of aromatic nitrogens is 2. The highest BCUT2D eigenvalue weighted by atomic mass is 32.1. The van der Waals surface area contributed by atoms with Crippen molar-refractivity contribution in [2.24, 2.45) is 0 Å². The van der Waals surface area contributed by atoms with E-state index in [0.29, 0.717) is 34.0 Å². The number of nitrogens with zero attached hydrogens (tertiary/aromatic N) is 3. The molecule has 0 radical (unpaired) electrons. The van der Waals surface area contributed by atoms with Gasteiger partial charge in [-0.2, -0.15) is 13.2 Å². The summed E-state index contributed by atoms with van der Waals surface area (Å²) in [6.45, 7) is -0.492. The van der Waals surface area contributed by atoms with Crippen LogP contribution in [-0.2, 0) is 22.3 Å². The number of alkyl halides is 3. The van der Waals surface area contributed by atoms with Gasteiger partial charge in [0.15, 0.2) is 10.9 Å². The second kappa shape index (κ2) is 11.4. The summed E-state index contributed by atoms with van der Waals surface area (Å²) in [7, 11) is 0. The smallest absolute Gasteiger partial charge is 0.417 e. The molecule has 1 amide bonds. The summed E-state index contributed by atoms with van der Waals surface area (Å²) in [4.78, 5) is 29.9. The van der Waals surface area contributed by atoms with Gasteiger partial charge in [0.25, 0.3) is 5.91 Å². The molecular weight excluding hydrogens is 616 g/mol. The van der Waals surface area contributed by atoms with Gasteiger partial charge in [-0.15, -0.1) is 0 Å². The van der Waals surface area contributed by atoms with Crippen molar-refractivity contribution in [2.75, 3.05) is 11.4 Å². The van der Waals surface area contributed by atoms with Crippen LogP contribution in [0.4, 0.5) is 22.7 Å². The third kappa shape index (κ3) is 5.76. The highest BCUT2D eigenvalue weighted by molar-refractivity contribution is 7.22. The molecule has 236 valence electrons. The van der Waals surface area contributed by atoms with Crippen LogP contribution in [0.15, 0.2) is 40.9 Å². The Morgan fingerprint density at radius 2 is 1.84 bits per heavy atom. The molecule has 0 spiro atoms. The Morgan fingerprint density at radius 1 is 1.11 bits per heavy atom. The number of fused-ring (bicyclic) bond motifs is 3. The largest absolute Gasteiger partial charge is 0.480 e. The minimum absolute atomic E-state index is 0.0167. The second-order valence-electron chi connectivity index (χ2n) is 11.8. The van der Waals surface area contributed by atoms with Gasteiger partial charge in [-0.25, -0.2) is 9.37 Å². The summed E-state index contributed by atoms with van der Waals surface area (Å²) in [5, 5.41) is 15.8. The van der Waals surface area contributed by atoms with Gasteiger partial charge in [-0.3, -0.25) is 9.59 Å². The predicted molar refractivity (Wildman–Crippen MR) is 156 cm³/mol. The third-order valence-corrected chi connectivity index (χ3v) is 9.74. The van der Waals surface area contributed by atoms with E-state index in [4.69, 9.17) is 14.4 Å². The first kappa shape index (κ1) is 29.7. The fourth-order valence-electron chi connectivity index (χ4n) is 6.53. The number of halogens is 4. The molecule has 1 saturated carbocycles. The Bertz CT molecular complexity index is 1770. The van der Waals surface area contributed by atoms with E-state index in [9.17, 15) is 27.2 Å². The number of aliphatic carboxylic acids is 1. The van der Waals surface area contributed by atoms with E-state index in [1.807, 2.05) is 0 Å². The first-order chi connectivity index (χ1) is 21.6. The molecule has 2 aromatic carbocycles. The van der Waals surface area contributed by atoms with E-state index in [0.717, 1.165) is 37.8 Å². The molecule has 4 heterocycles. The Balaban J connectivity index is 1.08. The van der Waals surface area contributed by atoms with Gasteiger partial charge in [-0.05, 0) is 56.7 Å². The fraction of sp³-hybridized carbons (Fsp3) is 0.419. The lowest BCUT2D eigenvalue weighted by atomic mass is 9.98. The number of nitrogens with one attached hydrogen (secondary N) is 1. The summed E-state index contributed by atoms with van der Waals surface area (Å²) in [6, 6.07) is 8.08. The predicted octanol–water partition coefficient (Wildman–Crippen LogP) is 6.52. The van der Waals surface area contributed by atoms with Crippen molar-refractivity contribution in [3.05, 3.63) is 64.7 Å². The number of amides is 1. The van der Waals surface area contributed by atoms with Crippen molar-refractivity contribution >= 4 is 38.6 Å². The minimum Gasteiger partial charge on any atom is -0.480 e. The Morgan fingerprint density at radius 3 is 2.53 bits per heavy atom. The standard InChI is InChI=1S/C31H28F4N4O5S/c32-23-9-16(29(42)36-13-25(40)41)10-24-27(23)37-30(45-24)39-17-7-8-18(39)12-19(11-17)43-14-21-26(38-44-28(21)15-5-6-15)20-3-1-2-4-22(20)31(33,34)35/h1-4,9-10,15,17-19H,5-8,11-14H2,(H,36,42)(H,40,41)/t17-,18+,19?. The van der Waals surface area contributed by atoms with E-state index < -0.39 is 36.0 Å². The first-order valence-corrected chi connectivity index (χ1v) is 15.5. The van der Waals surface area contributed by atoms with Crippen LogP contribution >= 0.6 is 11.3 Å². The Hall–Kier alpha value is -4.04. The number of benzene rings is 2. The molecule has 1 unspecified atom stereocenters. The number of hydrogen-bond donors (Lipinski definition) is 2. The lowest BCUT2D eigenvalue weighted by Crippen LogP contribution is -2.45. The topological polar surface area (TPSA) is 118 Å². The lowest BCUT2D eigenvalue weighted by molar-refractivity contribution is -0.137. The molecule has 14 heteroatoms. The summed E-state index contributed by atoms with van der Waals surface area (Å²) < 4.78 is 68.9. The van der Waals surface area contributed by atoms with Crippen molar-refractivity contribution < 1.29 is 41.5 Å². The molecular formula is C31H28F4N4O5S. The first-order valence-electron chi connectivity index (χ1n) is 14.7. The van der Waals surface area contributed by atoms with Crippen molar-refractivity contribution in [3.8, 4) is 11.3 Å². The number of carbonyl (C=O) groups is 2. The summed E-state index contributed by atoms with van der Waals surface area (Å²) in [6.07, 6.45) is 0.184. The zero-order valence-corrected chi connectivity index (χ0v) is 24.6. The number of carboxylic acids is 1. The second-order valence-corrected chi connectivity index (χ2v) is 12.8. The molecule has 1 aliphatic carbocycles. The van der Waals surface area contributed by atoms with Gasteiger partial charge in [0, 0.05) is 34.7 Å². The maximum absolute atomic E-state index is 15.0. The van der Waals surface area contributed by atoms with Gasteiger partial charge in [0.2, 0.25) is 0 Å². The molecule has 2 N–H and O–H groups in total. The van der Waals surface area contributed by atoms with Crippen LogP contribution in [0.5, 0.6) is 0 Å². The zero-order chi connectivity index (χ0) is 31.5. The van der Waals surface area contributed by atoms with Crippen LogP contribution in [0, 0.1) is 5.82 Å². The van der Waals surface area contributed by atoms with Crippen molar-refractivity contribution in [3.63, 3.8) is 0 Å². The number of carboxylic acid groups (broad SMARTS) is 1. The molecule has 2 aliphatic heterocycles. The normalized spacial score (nSPS) is 21.4. The molecule has 4 aromatic rings. The molecule has 3 fully saturated rings. The average Bonchev–Trinajstić information content (AvgIpc) is 3.51. The van der Waals surface area contributed by atoms with Crippen LogP contribution in [0.3, 0.4) is 0 Å². The van der Waals surface area contributed by atoms with E-state index in [2.05, 4.69) is 20.4 Å². The van der Waals surface area contributed by atoms with E-state index in [1.165, 1.54) is 29.5 Å². The number of rotatable bonds is 9. The molecule has 2 saturated heterocycles. The molecule has 7 rings (SSSR count). The highest BCUT2D eigenvalue weighted by Crippen LogP contribution is 2.47. The Labute approximate surface area is 258 Å². The summed E-state index contributed by atoms with van der Waals surface area (Å²) in [5.74, 6) is -1.83. The molecule has 9 nitrogen and oxygen atoms in total. The summed E-state index contributed by atoms with van der Waals surface area (Å²) in [5.41, 5.74) is 0.0946. The van der Waals surface area contributed by atoms with Crippen molar-refractivity contribution in [1.29, 1.82) is 0 Å². The van der Waals surface area contributed by atoms with E-state index in [1.54, 1.807) is 6.07 Å². The van der Waals surface area contributed by atoms with Gasteiger partial charge < -0.3 is 24.6 Å². The number of piperidine rings is 1. The van der Waals surface area contributed by atoms with Crippen LogP contribution < -0.4 is 10.2 Å². The number of anilines is 1. The van der Waals surface area contributed by atoms with E-state index in [-0.39, 0.29) is 53.0 Å². The van der Waals surface area contributed by atoms with Gasteiger partial charge in [0.1, 0.15) is 23.5 Å². The SMILES string of the molecule is O=C(O)CNC(=O)c1cc(F)c2nc(N3[C@@H]4CC[C@H]3CC(OCc3c(-c5ccccc5C(F)(F)F)noc3C3CC3)C4)sc2c1. The van der Waals surface area contributed by atoms with Gasteiger partial charge >= 0.3 is 12.1 Å². The number of hydrogen-bond acceptors (Lipinski definition) is 8. The number of carbonyl (C=O) groups excluding carboxylic acids is 1. The maximum atomic E-state index is 15.0. The fourth-order valence-corrected chi connectivity index (χ4v) is 7.69. The maximum Gasteiger partial charge on any atom is 0.417 e. The van der Waals surface area contributed by atoms with Gasteiger partial charge in [0.05, 0.1) is 23.0 Å². The zero-order valence-electron chi connectivity index (χ0n) is 23.8. The third-order valence-electron chi connectivity index (χ3n) is 8.73. The van der Waals surface area contributed by atoms with Crippen LogP contribution in [0.2, 0.25) is 0 Å². The molecule has 2 bridgehead atoms. The Kier molecular flexibility index (Phi) is 7.51. The highest BCUT2D eigenvalue weighted by Gasteiger charge is 2.43. The number of ether oxygens (including phenoxy) is 1. The molecule has 3 aliphatic rings. The molecule has 3 atom stereocenters. The monoisotopic (exact) mass is 644 g/mol. The van der Waals surface area contributed by atoms with Crippen molar-refractivity contribution in [1.82, 2.24) is 15.5 Å². The lowest BCUT2D eigenvalue weighted by Gasteiger charge is -2.38. The van der Waals surface area contributed by atoms with Crippen LogP contribution in [-0.4, -0.2) is 51.9 Å². The molecule has 2 aromatic heterocycles. The van der Waals surface area contributed by atoms with E-state index >= 15 is 0 Å². The quantitative estimate of drug-likeness (QED) is 0.198. The average molecular weight is 645 g/mol. The van der Waals surface area contributed by atoms with Crippen LogP contribution in [0.1, 0.15) is 71.7 Å². The molecule has 45 heavy (non-hydrogen) atoms. The van der Waals surface area contributed by atoms with Gasteiger partial charge in [-0.1, -0.05) is 34.7 Å². The van der Waals surface area contributed by atoms with Crippen molar-refractivity contribution in [2.45, 2.75) is 75.4 Å². The minimum atomic E-state index is -4.54. The van der Waals surface area contributed by atoms with Crippen LogP contribution in [0.25, 0.3) is 21.5 Å².